The van der Waals surface area contributed by atoms with E-state index in [0.717, 1.165) is 34.6 Å². The molecule has 6 heteroatoms. The molecular formula is C19H15BrN2O3. The summed E-state index contributed by atoms with van der Waals surface area (Å²) in [4.78, 5) is 29.0. The van der Waals surface area contributed by atoms with Gasteiger partial charge in [-0.2, -0.15) is 0 Å². The molecule has 5 rings (SSSR count). The van der Waals surface area contributed by atoms with Crippen LogP contribution in [0.4, 0.5) is 5.69 Å². The van der Waals surface area contributed by atoms with Crippen LogP contribution in [0.1, 0.15) is 32.2 Å². The van der Waals surface area contributed by atoms with Crippen LogP contribution in [0, 0.1) is 0 Å². The van der Waals surface area contributed by atoms with Gasteiger partial charge in [-0.25, -0.2) is 0 Å². The first-order chi connectivity index (χ1) is 12.1. The molecule has 3 heterocycles. The van der Waals surface area contributed by atoms with Crippen LogP contribution in [0.25, 0.3) is 0 Å². The topological polar surface area (TPSA) is 49.9 Å². The van der Waals surface area contributed by atoms with Crippen LogP contribution < -0.4 is 9.64 Å². The molecule has 1 unspecified atom stereocenters. The molecule has 25 heavy (non-hydrogen) atoms. The number of fused-ring (bicyclic) bond motifs is 1. The van der Waals surface area contributed by atoms with Gasteiger partial charge in [-0.3, -0.25) is 14.5 Å². The van der Waals surface area contributed by atoms with E-state index < -0.39 is 0 Å². The Morgan fingerprint density at radius 1 is 1.12 bits per heavy atom. The Kier molecular flexibility index (Phi) is 3.19. The third-order valence-electron chi connectivity index (χ3n) is 5.17. The molecule has 0 aromatic heterocycles. The lowest BCUT2D eigenvalue weighted by Crippen LogP contribution is -2.36. The maximum absolute atomic E-state index is 12.7. The number of hydrogen-bond donors (Lipinski definition) is 0. The van der Waals surface area contributed by atoms with Crippen molar-refractivity contribution >= 4 is 33.4 Å². The van der Waals surface area contributed by atoms with Crippen molar-refractivity contribution in [1.82, 2.24) is 4.90 Å². The van der Waals surface area contributed by atoms with Crippen LogP contribution in [-0.2, 0) is 0 Å². The second-order valence-electron chi connectivity index (χ2n) is 6.60. The van der Waals surface area contributed by atoms with Crippen molar-refractivity contribution in [1.29, 1.82) is 0 Å². The predicted octanol–water partition coefficient (Wildman–Crippen LogP) is 3.04. The second kappa shape index (κ2) is 5.33. The minimum Gasteiger partial charge on any atom is -0.490 e. The summed E-state index contributed by atoms with van der Waals surface area (Å²) < 4.78 is 6.74. The molecule has 0 bridgehead atoms. The summed E-state index contributed by atoms with van der Waals surface area (Å²) in [6.45, 7) is 2.68. The SMILES string of the molecule is O=C1c2ccccc2C(=O)N1CC1CN2CCOc3cc(Br)cc1c32. The number of amides is 2. The Hall–Kier alpha value is -2.34. The molecule has 0 fully saturated rings. The van der Waals surface area contributed by atoms with Gasteiger partial charge in [0.05, 0.1) is 23.4 Å². The van der Waals surface area contributed by atoms with Crippen molar-refractivity contribution < 1.29 is 14.3 Å². The molecule has 0 aliphatic carbocycles. The van der Waals surface area contributed by atoms with Gasteiger partial charge >= 0.3 is 0 Å². The van der Waals surface area contributed by atoms with Crippen molar-refractivity contribution in [3.63, 3.8) is 0 Å². The minimum absolute atomic E-state index is 0.0927. The number of hydrogen-bond acceptors (Lipinski definition) is 4. The maximum Gasteiger partial charge on any atom is 0.261 e. The Labute approximate surface area is 153 Å². The first-order valence-electron chi connectivity index (χ1n) is 8.30. The molecule has 0 saturated heterocycles. The van der Waals surface area contributed by atoms with Crippen molar-refractivity contribution in [3.05, 3.63) is 57.6 Å². The third kappa shape index (κ3) is 2.13. The molecule has 0 radical (unpaired) electrons. The summed E-state index contributed by atoms with van der Waals surface area (Å²) in [5.41, 5.74) is 3.26. The molecule has 2 aromatic rings. The van der Waals surface area contributed by atoms with Gasteiger partial charge in [0, 0.05) is 23.5 Å². The first kappa shape index (κ1) is 15.0. The van der Waals surface area contributed by atoms with Gasteiger partial charge in [-0.15, -0.1) is 0 Å². The summed E-state index contributed by atoms with van der Waals surface area (Å²) in [7, 11) is 0. The highest BCUT2D eigenvalue weighted by molar-refractivity contribution is 9.10. The van der Waals surface area contributed by atoms with Crippen LogP contribution in [0.2, 0.25) is 0 Å². The van der Waals surface area contributed by atoms with Gasteiger partial charge in [0.1, 0.15) is 12.4 Å². The van der Waals surface area contributed by atoms with Crippen LogP contribution >= 0.6 is 15.9 Å². The number of ether oxygens (including phenoxy) is 1. The fourth-order valence-corrected chi connectivity index (χ4v) is 4.51. The summed E-state index contributed by atoms with van der Waals surface area (Å²) in [5.74, 6) is 0.583. The van der Waals surface area contributed by atoms with Crippen molar-refractivity contribution in [2.45, 2.75) is 5.92 Å². The van der Waals surface area contributed by atoms with Crippen molar-refractivity contribution in [3.8, 4) is 5.75 Å². The van der Waals surface area contributed by atoms with Gasteiger partial charge in [0.15, 0.2) is 0 Å². The molecule has 0 spiro atoms. The Morgan fingerprint density at radius 3 is 2.56 bits per heavy atom. The number of halogens is 1. The van der Waals surface area contributed by atoms with Gasteiger partial charge in [0.25, 0.3) is 11.8 Å². The van der Waals surface area contributed by atoms with Crippen LogP contribution in [-0.4, -0.2) is 43.0 Å². The van der Waals surface area contributed by atoms with E-state index in [1.165, 1.54) is 4.90 Å². The molecule has 1 atom stereocenters. The van der Waals surface area contributed by atoms with Crippen LogP contribution in [0.5, 0.6) is 5.75 Å². The van der Waals surface area contributed by atoms with Gasteiger partial charge in [0.2, 0.25) is 0 Å². The molecule has 126 valence electrons. The Bertz CT molecular complexity index is 892. The van der Waals surface area contributed by atoms with Crippen molar-refractivity contribution in [2.75, 3.05) is 31.1 Å². The molecule has 3 aliphatic heterocycles. The fraction of sp³-hybridized carbons (Fsp3) is 0.263. The van der Waals surface area contributed by atoms with E-state index in [2.05, 4.69) is 26.9 Å². The van der Waals surface area contributed by atoms with E-state index in [1.807, 2.05) is 6.07 Å². The van der Waals surface area contributed by atoms with Gasteiger partial charge in [-0.05, 0) is 29.8 Å². The average molecular weight is 399 g/mol. The monoisotopic (exact) mass is 398 g/mol. The number of benzene rings is 2. The summed E-state index contributed by atoms with van der Waals surface area (Å²) >= 11 is 3.54. The smallest absolute Gasteiger partial charge is 0.261 e. The number of nitrogens with zero attached hydrogens (tertiary/aromatic N) is 2. The van der Waals surface area contributed by atoms with E-state index in [4.69, 9.17) is 4.74 Å². The standard InChI is InChI=1S/C19H15BrN2O3/c20-12-7-15-11(9-21-5-6-25-16(8-12)17(15)21)10-22-18(23)13-3-1-2-4-14(13)19(22)24/h1-4,7-8,11H,5-6,9-10H2. The highest BCUT2D eigenvalue weighted by atomic mass is 79.9. The number of carbonyl (C=O) groups is 2. The zero-order valence-corrected chi connectivity index (χ0v) is 15.0. The Balaban J connectivity index is 1.50. The largest absolute Gasteiger partial charge is 0.490 e. The zero-order chi connectivity index (χ0) is 17.1. The lowest BCUT2D eigenvalue weighted by Gasteiger charge is -2.27. The third-order valence-corrected chi connectivity index (χ3v) is 5.62. The lowest BCUT2D eigenvalue weighted by molar-refractivity contribution is 0.0646. The number of rotatable bonds is 2. The molecule has 2 amide bonds. The first-order valence-corrected chi connectivity index (χ1v) is 9.09. The van der Waals surface area contributed by atoms with Crippen LogP contribution in [0.15, 0.2) is 40.9 Å². The van der Waals surface area contributed by atoms with Gasteiger partial charge < -0.3 is 9.64 Å². The second-order valence-corrected chi connectivity index (χ2v) is 7.52. The molecule has 3 aliphatic rings. The molecule has 5 nitrogen and oxygen atoms in total. The fourth-order valence-electron chi connectivity index (χ4n) is 4.06. The maximum atomic E-state index is 12.7. The van der Waals surface area contributed by atoms with E-state index in [1.54, 1.807) is 24.3 Å². The number of imide groups is 1. The van der Waals surface area contributed by atoms with E-state index in [9.17, 15) is 9.59 Å². The number of anilines is 1. The predicted molar refractivity (Wildman–Crippen MR) is 96.4 cm³/mol. The lowest BCUT2D eigenvalue weighted by atomic mass is 10.0. The van der Waals surface area contributed by atoms with Crippen molar-refractivity contribution in [2.24, 2.45) is 0 Å². The Morgan fingerprint density at radius 2 is 1.84 bits per heavy atom. The number of carbonyl (C=O) groups excluding carboxylic acids is 2. The minimum atomic E-state index is -0.193. The van der Waals surface area contributed by atoms with Crippen LogP contribution in [0.3, 0.4) is 0 Å². The molecule has 0 saturated carbocycles. The van der Waals surface area contributed by atoms with Gasteiger partial charge in [-0.1, -0.05) is 28.1 Å². The van der Waals surface area contributed by atoms with E-state index in [-0.39, 0.29) is 17.7 Å². The van der Waals surface area contributed by atoms with E-state index >= 15 is 0 Å². The summed E-state index contributed by atoms with van der Waals surface area (Å²) in [6.07, 6.45) is 0. The normalized spacial score (nSPS) is 20.6. The molecule has 2 aromatic carbocycles. The average Bonchev–Trinajstić information content (AvgIpc) is 3.08. The highest BCUT2D eigenvalue weighted by Gasteiger charge is 2.40. The zero-order valence-electron chi connectivity index (χ0n) is 13.4. The summed E-state index contributed by atoms with van der Waals surface area (Å²) in [6, 6.07) is 11.1. The quantitative estimate of drug-likeness (QED) is 0.729. The molecule has 0 N–H and O–H groups in total. The highest BCUT2D eigenvalue weighted by Crippen LogP contribution is 2.47. The molecular weight excluding hydrogens is 384 g/mol. The summed E-state index contributed by atoms with van der Waals surface area (Å²) in [5, 5.41) is 0. The van der Waals surface area contributed by atoms with E-state index in [0.29, 0.717) is 24.3 Å².